The quantitative estimate of drug-likeness (QED) is 0.463. The van der Waals surface area contributed by atoms with E-state index in [4.69, 9.17) is 32.7 Å². The van der Waals surface area contributed by atoms with Crippen molar-refractivity contribution in [1.82, 2.24) is 15.3 Å². The van der Waals surface area contributed by atoms with Crippen LogP contribution >= 0.6 is 23.2 Å². The molecular formula is C24H20Cl2F2N4O4. The van der Waals surface area contributed by atoms with Gasteiger partial charge in [-0.25, -0.2) is 18.7 Å². The summed E-state index contributed by atoms with van der Waals surface area (Å²) in [4.78, 5) is 33.0. The highest BCUT2D eigenvalue weighted by Gasteiger charge is 2.28. The molecule has 2 heterocycles. The van der Waals surface area contributed by atoms with Crippen LogP contribution in [-0.2, 0) is 14.3 Å². The van der Waals surface area contributed by atoms with E-state index < -0.39 is 29.6 Å². The second kappa shape index (κ2) is 11.6. The van der Waals surface area contributed by atoms with Crippen molar-refractivity contribution in [3.8, 4) is 17.0 Å². The minimum absolute atomic E-state index is 0.00487. The van der Waals surface area contributed by atoms with E-state index >= 15 is 0 Å². The molecule has 4 rings (SSSR count). The number of nitrogens with zero attached hydrogens (tertiary/aromatic N) is 2. The number of benzene rings is 2. The molecule has 36 heavy (non-hydrogen) atoms. The third-order valence-corrected chi connectivity index (χ3v) is 5.91. The van der Waals surface area contributed by atoms with Crippen molar-refractivity contribution in [3.63, 3.8) is 0 Å². The Morgan fingerprint density at radius 3 is 2.50 bits per heavy atom. The van der Waals surface area contributed by atoms with Crippen LogP contribution in [0.3, 0.4) is 0 Å². The number of halogens is 4. The smallest absolute Gasteiger partial charge is 0.258 e. The third-order valence-electron chi connectivity index (χ3n) is 5.30. The van der Waals surface area contributed by atoms with Gasteiger partial charge in [0.05, 0.1) is 28.4 Å². The van der Waals surface area contributed by atoms with Gasteiger partial charge >= 0.3 is 0 Å². The van der Waals surface area contributed by atoms with Gasteiger partial charge < -0.3 is 14.8 Å². The zero-order valence-electron chi connectivity index (χ0n) is 18.6. The summed E-state index contributed by atoms with van der Waals surface area (Å²) in [6.07, 6.45) is 1.52. The number of hydrogen-bond acceptors (Lipinski definition) is 6. The molecule has 1 aliphatic heterocycles. The summed E-state index contributed by atoms with van der Waals surface area (Å²) in [6, 6.07) is 9.42. The first-order valence-electron chi connectivity index (χ1n) is 10.9. The molecule has 2 atom stereocenters. The molecule has 2 aromatic carbocycles. The van der Waals surface area contributed by atoms with Gasteiger partial charge in [-0.1, -0.05) is 29.3 Å². The first kappa shape index (κ1) is 25.7. The summed E-state index contributed by atoms with van der Waals surface area (Å²) in [5.41, 5.74) is 0.888. The molecule has 2 amide bonds. The van der Waals surface area contributed by atoms with Gasteiger partial charge in [0.1, 0.15) is 23.5 Å². The molecule has 0 radical (unpaired) electrons. The number of rotatable bonds is 7. The molecule has 1 aliphatic rings. The average Bonchev–Trinajstić information content (AvgIpc) is 2.87. The molecule has 1 aromatic heterocycles. The summed E-state index contributed by atoms with van der Waals surface area (Å²) < 4.78 is 38.1. The molecule has 8 nitrogen and oxygen atoms in total. The first-order valence-corrected chi connectivity index (χ1v) is 11.6. The topological polar surface area (TPSA) is 102 Å². The lowest BCUT2D eigenvalue weighted by Crippen LogP contribution is -2.47. The summed E-state index contributed by atoms with van der Waals surface area (Å²) in [5.74, 6) is -1.85. The van der Waals surface area contributed by atoms with Crippen molar-refractivity contribution in [1.29, 1.82) is 0 Å². The summed E-state index contributed by atoms with van der Waals surface area (Å²) >= 11 is 11.3. The molecule has 1 saturated heterocycles. The Labute approximate surface area is 214 Å². The lowest BCUT2D eigenvalue weighted by Gasteiger charge is -2.28. The zero-order chi connectivity index (χ0) is 25.7. The predicted molar refractivity (Wildman–Crippen MR) is 129 cm³/mol. The van der Waals surface area contributed by atoms with Crippen LogP contribution in [0.25, 0.3) is 11.3 Å². The molecule has 2 N–H and O–H groups in total. The Bertz CT molecular complexity index is 1270. The van der Waals surface area contributed by atoms with E-state index in [1.165, 1.54) is 30.5 Å². The predicted octanol–water partition coefficient (Wildman–Crippen LogP) is 4.41. The molecule has 0 unspecified atom stereocenters. The van der Waals surface area contributed by atoms with Crippen LogP contribution in [0.1, 0.15) is 12.8 Å². The van der Waals surface area contributed by atoms with Gasteiger partial charge in [-0.3, -0.25) is 14.9 Å². The fourth-order valence-corrected chi connectivity index (χ4v) is 3.72. The third kappa shape index (κ3) is 6.66. The van der Waals surface area contributed by atoms with Gasteiger partial charge in [0.2, 0.25) is 5.95 Å². The van der Waals surface area contributed by atoms with Gasteiger partial charge in [-0.05, 0) is 43.2 Å². The lowest BCUT2D eigenvalue weighted by molar-refractivity contribution is -0.132. The highest BCUT2D eigenvalue weighted by Crippen LogP contribution is 2.24. The van der Waals surface area contributed by atoms with Crippen molar-refractivity contribution in [2.24, 2.45) is 0 Å². The SMILES string of the molecule is O=C(COc1ccc(Cl)c(F)c1)N[C@@H]1CC[C@@H](C(=O)Nc2nccc(-c3ccc(Cl)c(F)c3)n2)OC1. The molecule has 12 heteroatoms. The number of anilines is 1. The van der Waals surface area contributed by atoms with E-state index in [9.17, 15) is 18.4 Å². The van der Waals surface area contributed by atoms with E-state index in [-0.39, 0.29) is 41.0 Å². The fourth-order valence-electron chi connectivity index (χ4n) is 3.48. The maximum Gasteiger partial charge on any atom is 0.258 e. The maximum atomic E-state index is 13.8. The number of nitrogens with one attached hydrogen (secondary N) is 2. The minimum Gasteiger partial charge on any atom is -0.484 e. The van der Waals surface area contributed by atoms with E-state index in [0.717, 1.165) is 6.07 Å². The van der Waals surface area contributed by atoms with Crippen LogP contribution in [0.5, 0.6) is 5.75 Å². The molecule has 0 aliphatic carbocycles. The second-order valence-electron chi connectivity index (χ2n) is 7.91. The van der Waals surface area contributed by atoms with Crippen molar-refractivity contribution in [3.05, 3.63) is 70.3 Å². The number of aromatic nitrogens is 2. The monoisotopic (exact) mass is 536 g/mol. The largest absolute Gasteiger partial charge is 0.484 e. The number of carbonyl (C=O) groups is 2. The Kier molecular flexibility index (Phi) is 8.29. The van der Waals surface area contributed by atoms with Crippen LogP contribution in [0.4, 0.5) is 14.7 Å². The molecule has 0 bridgehead atoms. The Morgan fingerprint density at radius 2 is 1.81 bits per heavy atom. The number of hydrogen-bond donors (Lipinski definition) is 2. The summed E-state index contributed by atoms with van der Waals surface area (Å²) in [5, 5.41) is 5.30. The van der Waals surface area contributed by atoms with Crippen molar-refractivity contribution < 1.29 is 27.8 Å². The fraction of sp³-hybridized carbons (Fsp3) is 0.250. The van der Waals surface area contributed by atoms with Gasteiger partial charge in [-0.15, -0.1) is 0 Å². The highest BCUT2D eigenvalue weighted by atomic mass is 35.5. The zero-order valence-corrected chi connectivity index (χ0v) is 20.2. The van der Waals surface area contributed by atoms with Crippen molar-refractivity contribution in [2.45, 2.75) is 25.0 Å². The Balaban J connectivity index is 1.24. The van der Waals surface area contributed by atoms with Crippen molar-refractivity contribution in [2.75, 3.05) is 18.5 Å². The highest BCUT2D eigenvalue weighted by molar-refractivity contribution is 6.31. The summed E-state index contributed by atoms with van der Waals surface area (Å²) in [7, 11) is 0. The molecule has 188 valence electrons. The van der Waals surface area contributed by atoms with Gasteiger partial charge in [0.25, 0.3) is 11.8 Å². The number of amides is 2. The van der Waals surface area contributed by atoms with Crippen LogP contribution in [0.15, 0.2) is 48.7 Å². The van der Waals surface area contributed by atoms with Crippen LogP contribution < -0.4 is 15.4 Å². The Hall–Kier alpha value is -3.34. The summed E-state index contributed by atoms with van der Waals surface area (Å²) in [6.45, 7) is -0.197. The Morgan fingerprint density at radius 1 is 1.06 bits per heavy atom. The van der Waals surface area contributed by atoms with E-state index in [1.807, 2.05) is 0 Å². The standard InChI is InChI=1S/C24H20Cl2F2N4O4/c25-16-4-1-13(9-18(16)27)20-7-8-29-24(31-20)32-23(34)21-6-2-14(11-36-21)30-22(33)12-35-15-3-5-17(26)19(28)10-15/h1,3-5,7-10,14,21H,2,6,11-12H2,(H,30,33)(H,29,31,32,34)/t14-,21+/m1/s1. The molecule has 1 fully saturated rings. The van der Waals surface area contributed by atoms with Crippen LogP contribution in [0.2, 0.25) is 10.0 Å². The van der Waals surface area contributed by atoms with E-state index in [0.29, 0.717) is 24.1 Å². The van der Waals surface area contributed by atoms with Gasteiger partial charge in [0.15, 0.2) is 6.61 Å². The van der Waals surface area contributed by atoms with Gasteiger partial charge in [-0.2, -0.15) is 0 Å². The molecular weight excluding hydrogens is 517 g/mol. The normalized spacial score (nSPS) is 17.3. The second-order valence-corrected chi connectivity index (χ2v) is 8.73. The maximum absolute atomic E-state index is 13.8. The first-order chi connectivity index (χ1) is 17.3. The lowest BCUT2D eigenvalue weighted by atomic mass is 10.0. The van der Waals surface area contributed by atoms with Crippen LogP contribution in [0, 0.1) is 11.6 Å². The average molecular weight is 537 g/mol. The molecule has 3 aromatic rings. The van der Waals surface area contributed by atoms with Crippen molar-refractivity contribution >= 4 is 41.0 Å². The van der Waals surface area contributed by atoms with E-state index in [2.05, 4.69) is 20.6 Å². The molecule has 0 spiro atoms. The van der Waals surface area contributed by atoms with E-state index in [1.54, 1.807) is 12.1 Å². The molecule has 0 saturated carbocycles. The number of ether oxygens (including phenoxy) is 2. The minimum atomic E-state index is -0.758. The number of carbonyl (C=O) groups excluding carboxylic acids is 2. The van der Waals surface area contributed by atoms with Crippen LogP contribution in [-0.4, -0.2) is 47.1 Å². The van der Waals surface area contributed by atoms with Gasteiger partial charge in [0, 0.05) is 17.8 Å².